The number of hydrogen-bond acceptors (Lipinski definition) is 2. The fraction of sp³-hybridized carbons (Fsp3) is 0.125. The lowest BCUT2D eigenvalue weighted by atomic mass is 10.1. The minimum atomic E-state index is -0.309. The molecule has 3 rings (SSSR count). The van der Waals surface area contributed by atoms with Crippen LogP contribution in [0.15, 0.2) is 34.8 Å². The van der Waals surface area contributed by atoms with Crippen LogP contribution >= 0.6 is 27.5 Å². The van der Waals surface area contributed by atoms with E-state index < -0.39 is 0 Å². The highest BCUT2D eigenvalue weighted by atomic mass is 79.9. The van der Waals surface area contributed by atoms with Crippen molar-refractivity contribution in [2.75, 3.05) is 0 Å². The van der Waals surface area contributed by atoms with Gasteiger partial charge in [-0.25, -0.2) is 14.4 Å². The summed E-state index contributed by atoms with van der Waals surface area (Å²) in [4.78, 5) is 8.87. The number of nitrogens with zero attached hydrogens (tertiary/aromatic N) is 2. The second-order valence-corrected chi connectivity index (χ2v) is 6.16. The first kappa shape index (κ1) is 14.4. The Morgan fingerprint density at radius 3 is 2.57 bits per heavy atom. The van der Waals surface area contributed by atoms with Gasteiger partial charge in [0.05, 0.1) is 10.9 Å². The first-order valence-electron chi connectivity index (χ1n) is 6.35. The molecule has 0 aliphatic heterocycles. The number of benzene rings is 2. The van der Waals surface area contributed by atoms with Crippen molar-refractivity contribution in [3.8, 4) is 11.4 Å². The lowest BCUT2D eigenvalue weighted by Crippen LogP contribution is -1.95. The van der Waals surface area contributed by atoms with E-state index in [-0.39, 0.29) is 5.82 Å². The van der Waals surface area contributed by atoms with Gasteiger partial charge in [-0.05, 0) is 65.2 Å². The summed E-state index contributed by atoms with van der Waals surface area (Å²) in [6.45, 7) is 3.79. The van der Waals surface area contributed by atoms with Gasteiger partial charge in [-0.15, -0.1) is 0 Å². The normalized spacial score (nSPS) is 11.1. The van der Waals surface area contributed by atoms with Gasteiger partial charge in [-0.3, -0.25) is 0 Å². The van der Waals surface area contributed by atoms with Gasteiger partial charge in [0.25, 0.3) is 0 Å². The molecule has 0 atom stereocenters. The van der Waals surface area contributed by atoms with Gasteiger partial charge in [-0.2, -0.15) is 0 Å². The Kier molecular flexibility index (Phi) is 3.68. The summed E-state index contributed by atoms with van der Waals surface area (Å²) >= 11 is 9.76. The number of aryl methyl sites for hydroxylation is 2. The molecule has 1 aromatic heterocycles. The molecule has 0 spiro atoms. The van der Waals surface area contributed by atoms with Crippen molar-refractivity contribution in [2.24, 2.45) is 0 Å². The van der Waals surface area contributed by atoms with Crippen LogP contribution in [0.2, 0.25) is 5.15 Å². The first-order valence-corrected chi connectivity index (χ1v) is 7.53. The zero-order valence-corrected chi connectivity index (χ0v) is 13.8. The van der Waals surface area contributed by atoms with Crippen LogP contribution in [-0.4, -0.2) is 9.97 Å². The van der Waals surface area contributed by atoms with E-state index in [2.05, 4.69) is 25.9 Å². The van der Waals surface area contributed by atoms with E-state index in [0.29, 0.717) is 16.5 Å². The summed E-state index contributed by atoms with van der Waals surface area (Å²) in [6.07, 6.45) is 0. The lowest BCUT2D eigenvalue weighted by Gasteiger charge is -2.09. The topological polar surface area (TPSA) is 25.8 Å². The fourth-order valence-corrected chi connectivity index (χ4v) is 3.18. The molecule has 0 bridgehead atoms. The summed E-state index contributed by atoms with van der Waals surface area (Å²) < 4.78 is 14.4. The molecule has 1 heterocycles. The zero-order chi connectivity index (χ0) is 15.1. The molecule has 2 aromatic carbocycles. The highest BCUT2D eigenvalue weighted by Crippen LogP contribution is 2.32. The van der Waals surface area contributed by atoms with Crippen molar-refractivity contribution in [1.82, 2.24) is 9.97 Å². The minimum absolute atomic E-state index is 0.309. The molecule has 0 radical (unpaired) electrons. The average molecular weight is 366 g/mol. The van der Waals surface area contributed by atoms with Crippen LogP contribution < -0.4 is 0 Å². The molecule has 106 valence electrons. The monoisotopic (exact) mass is 364 g/mol. The van der Waals surface area contributed by atoms with Crippen molar-refractivity contribution in [3.05, 3.63) is 56.9 Å². The highest BCUT2D eigenvalue weighted by Gasteiger charge is 2.13. The number of hydrogen-bond donors (Lipinski definition) is 0. The number of fused-ring (bicyclic) bond motifs is 1. The molecule has 3 aromatic rings. The van der Waals surface area contributed by atoms with Crippen LogP contribution in [0.25, 0.3) is 22.3 Å². The third-order valence-corrected chi connectivity index (χ3v) is 4.19. The molecule has 0 aliphatic carbocycles. The predicted octanol–water partition coefficient (Wildman–Crippen LogP) is 5.47. The molecule has 0 unspecified atom stereocenters. The van der Waals surface area contributed by atoms with Gasteiger partial charge >= 0.3 is 0 Å². The van der Waals surface area contributed by atoms with Crippen molar-refractivity contribution in [1.29, 1.82) is 0 Å². The van der Waals surface area contributed by atoms with Crippen LogP contribution in [0.3, 0.4) is 0 Å². The summed E-state index contributed by atoms with van der Waals surface area (Å²) in [7, 11) is 0. The van der Waals surface area contributed by atoms with E-state index in [0.717, 1.165) is 26.5 Å². The number of rotatable bonds is 1. The van der Waals surface area contributed by atoms with Crippen LogP contribution in [0.1, 0.15) is 11.1 Å². The third-order valence-electron chi connectivity index (χ3n) is 3.26. The van der Waals surface area contributed by atoms with E-state index in [1.807, 2.05) is 32.0 Å². The minimum Gasteiger partial charge on any atom is -0.228 e. The molecular weight excluding hydrogens is 355 g/mol. The van der Waals surface area contributed by atoms with Crippen molar-refractivity contribution >= 4 is 38.4 Å². The molecule has 0 saturated carbocycles. The zero-order valence-electron chi connectivity index (χ0n) is 11.4. The number of halogens is 3. The molecule has 0 saturated heterocycles. The van der Waals surface area contributed by atoms with E-state index in [1.54, 1.807) is 0 Å². The van der Waals surface area contributed by atoms with E-state index in [1.165, 1.54) is 12.1 Å². The third kappa shape index (κ3) is 2.65. The van der Waals surface area contributed by atoms with Crippen molar-refractivity contribution in [2.45, 2.75) is 13.8 Å². The summed E-state index contributed by atoms with van der Waals surface area (Å²) in [5, 5.41) is 1.13. The molecule has 0 N–H and O–H groups in total. The predicted molar refractivity (Wildman–Crippen MR) is 87.1 cm³/mol. The second-order valence-electron chi connectivity index (χ2n) is 4.94. The Morgan fingerprint density at radius 1 is 1.10 bits per heavy atom. The summed E-state index contributed by atoms with van der Waals surface area (Å²) in [6, 6.07) is 8.59. The van der Waals surface area contributed by atoms with Gasteiger partial charge < -0.3 is 0 Å². The smallest absolute Gasteiger partial charge is 0.161 e. The fourth-order valence-electron chi connectivity index (χ4n) is 2.29. The molecule has 5 heteroatoms. The van der Waals surface area contributed by atoms with Gasteiger partial charge in [0, 0.05) is 10.0 Å². The largest absolute Gasteiger partial charge is 0.228 e. The van der Waals surface area contributed by atoms with E-state index in [4.69, 9.17) is 11.6 Å². The summed E-state index contributed by atoms with van der Waals surface area (Å²) in [5.74, 6) is 0.118. The van der Waals surface area contributed by atoms with Crippen LogP contribution in [0.5, 0.6) is 0 Å². The molecule has 21 heavy (non-hydrogen) atoms. The quantitative estimate of drug-likeness (QED) is 0.534. The molecule has 0 fully saturated rings. The SMILES string of the molecule is Cc1cc(F)cc(-c2nc(Cl)c3c(Br)ccc(C)c3n2)c1. The van der Waals surface area contributed by atoms with Crippen LogP contribution in [0, 0.1) is 19.7 Å². The Bertz CT molecular complexity index is 844. The molecule has 0 aliphatic rings. The van der Waals surface area contributed by atoms with Crippen LogP contribution in [0.4, 0.5) is 4.39 Å². The lowest BCUT2D eigenvalue weighted by molar-refractivity contribution is 0.627. The van der Waals surface area contributed by atoms with Gasteiger partial charge in [0.1, 0.15) is 11.0 Å². The summed E-state index contributed by atoms with van der Waals surface area (Å²) in [5.41, 5.74) is 3.19. The standard InChI is InChI=1S/C16H11BrClFN2/c1-8-5-10(7-11(19)6-8)16-20-14-9(2)3-4-12(17)13(14)15(18)21-16/h3-7H,1-2H3. The van der Waals surface area contributed by atoms with Crippen molar-refractivity contribution < 1.29 is 4.39 Å². The van der Waals surface area contributed by atoms with Crippen molar-refractivity contribution in [3.63, 3.8) is 0 Å². The average Bonchev–Trinajstić information content (AvgIpc) is 2.41. The maximum Gasteiger partial charge on any atom is 0.161 e. The van der Waals surface area contributed by atoms with Gasteiger partial charge in [0.15, 0.2) is 5.82 Å². The Morgan fingerprint density at radius 2 is 1.86 bits per heavy atom. The van der Waals surface area contributed by atoms with Gasteiger partial charge in [-0.1, -0.05) is 17.7 Å². The highest BCUT2D eigenvalue weighted by molar-refractivity contribution is 9.10. The second kappa shape index (κ2) is 5.35. The maximum atomic E-state index is 13.6. The van der Waals surface area contributed by atoms with Crippen LogP contribution in [-0.2, 0) is 0 Å². The molecule has 2 nitrogen and oxygen atoms in total. The Labute approximate surface area is 135 Å². The number of aromatic nitrogens is 2. The Balaban J connectivity index is 2.32. The molecule has 0 amide bonds. The van der Waals surface area contributed by atoms with Gasteiger partial charge in [0.2, 0.25) is 0 Å². The van der Waals surface area contributed by atoms with E-state index >= 15 is 0 Å². The first-order chi connectivity index (χ1) is 9.95. The van der Waals surface area contributed by atoms with E-state index in [9.17, 15) is 4.39 Å². The molecular formula is C16H11BrClFN2. The Hall–Kier alpha value is -1.52. The maximum absolute atomic E-state index is 13.6.